The predicted octanol–water partition coefficient (Wildman–Crippen LogP) is 3.60. The molecule has 3 nitrogen and oxygen atoms in total. The molecule has 1 aromatic carbocycles. The van der Waals surface area contributed by atoms with Gasteiger partial charge in [0.15, 0.2) is 0 Å². The molecule has 1 aromatic rings. The second kappa shape index (κ2) is 7.14. The van der Waals surface area contributed by atoms with Gasteiger partial charge in [-0.15, -0.1) is 0 Å². The van der Waals surface area contributed by atoms with Gasteiger partial charge in [-0.1, -0.05) is 19.4 Å². The van der Waals surface area contributed by atoms with Crippen LogP contribution in [0.3, 0.4) is 0 Å². The third-order valence-electron chi connectivity index (χ3n) is 2.51. The maximum atomic E-state index is 8.69. The molecular formula is C15H16N2O. The number of ether oxygens (including phenoxy) is 1. The number of unbranched alkanes of at least 4 members (excludes halogenated alkanes) is 1. The van der Waals surface area contributed by atoms with Crippen molar-refractivity contribution in [2.24, 2.45) is 0 Å². The van der Waals surface area contributed by atoms with E-state index < -0.39 is 0 Å². The minimum absolute atomic E-state index is 0.106. The van der Waals surface area contributed by atoms with Crippen molar-refractivity contribution in [1.82, 2.24) is 0 Å². The molecule has 0 heterocycles. The molecule has 0 aliphatic carbocycles. The van der Waals surface area contributed by atoms with Gasteiger partial charge in [0, 0.05) is 0 Å². The van der Waals surface area contributed by atoms with Crippen LogP contribution in [0.4, 0.5) is 0 Å². The molecule has 0 saturated carbocycles. The number of benzene rings is 1. The van der Waals surface area contributed by atoms with Crippen LogP contribution in [0.15, 0.2) is 23.8 Å². The van der Waals surface area contributed by atoms with Crippen LogP contribution >= 0.6 is 0 Å². The fraction of sp³-hybridized carbons (Fsp3) is 0.333. The molecule has 1 rings (SSSR count). The van der Waals surface area contributed by atoms with Gasteiger partial charge in [0.2, 0.25) is 0 Å². The van der Waals surface area contributed by atoms with Crippen molar-refractivity contribution in [3.8, 4) is 17.9 Å². The lowest BCUT2D eigenvalue weighted by Gasteiger charge is -2.09. The van der Waals surface area contributed by atoms with Gasteiger partial charge in [-0.3, -0.25) is 0 Å². The van der Waals surface area contributed by atoms with E-state index in [0.717, 1.165) is 29.7 Å². The van der Waals surface area contributed by atoms with E-state index in [2.05, 4.69) is 6.92 Å². The van der Waals surface area contributed by atoms with Crippen molar-refractivity contribution in [1.29, 1.82) is 10.5 Å². The van der Waals surface area contributed by atoms with Gasteiger partial charge in [-0.25, -0.2) is 0 Å². The summed E-state index contributed by atoms with van der Waals surface area (Å²) in [6.45, 7) is 4.79. The SMILES string of the molecule is CCCCOc1ccc(C=C(C#N)C#N)cc1C. The normalized spacial score (nSPS) is 9.11. The molecule has 0 radical (unpaired) electrons. The molecule has 0 saturated heterocycles. The van der Waals surface area contributed by atoms with E-state index in [9.17, 15) is 0 Å². The van der Waals surface area contributed by atoms with Gasteiger partial charge < -0.3 is 4.74 Å². The van der Waals surface area contributed by atoms with Crippen molar-refractivity contribution in [2.45, 2.75) is 26.7 Å². The third kappa shape index (κ3) is 3.96. The quantitative estimate of drug-likeness (QED) is 0.583. The molecule has 0 spiro atoms. The van der Waals surface area contributed by atoms with Crippen LogP contribution in [0.1, 0.15) is 30.9 Å². The average Bonchev–Trinajstić information content (AvgIpc) is 2.38. The first kappa shape index (κ1) is 13.8. The highest BCUT2D eigenvalue weighted by Gasteiger charge is 2.01. The second-order valence-corrected chi connectivity index (χ2v) is 4.01. The Bertz CT molecular complexity index is 502. The van der Waals surface area contributed by atoms with E-state index in [-0.39, 0.29) is 5.57 Å². The molecule has 92 valence electrons. The molecule has 0 N–H and O–H groups in total. The highest BCUT2D eigenvalue weighted by Crippen LogP contribution is 2.20. The van der Waals surface area contributed by atoms with Gasteiger partial charge in [-0.05, 0) is 42.7 Å². The van der Waals surface area contributed by atoms with Gasteiger partial charge >= 0.3 is 0 Å². The van der Waals surface area contributed by atoms with Crippen LogP contribution < -0.4 is 4.74 Å². The van der Waals surface area contributed by atoms with Crippen LogP contribution in [0.25, 0.3) is 6.08 Å². The van der Waals surface area contributed by atoms with Crippen LogP contribution in [0.5, 0.6) is 5.75 Å². The number of nitriles is 2. The van der Waals surface area contributed by atoms with Gasteiger partial charge in [0.1, 0.15) is 23.5 Å². The minimum atomic E-state index is 0.106. The number of hydrogen-bond donors (Lipinski definition) is 0. The first-order chi connectivity index (χ1) is 8.71. The summed E-state index contributed by atoms with van der Waals surface area (Å²) < 4.78 is 5.64. The molecular weight excluding hydrogens is 224 g/mol. The second-order valence-electron chi connectivity index (χ2n) is 4.01. The molecule has 0 bridgehead atoms. The summed E-state index contributed by atoms with van der Waals surface area (Å²) in [5.74, 6) is 0.857. The number of allylic oxidation sites excluding steroid dienone is 1. The van der Waals surface area contributed by atoms with E-state index >= 15 is 0 Å². The maximum Gasteiger partial charge on any atom is 0.130 e. The highest BCUT2D eigenvalue weighted by molar-refractivity contribution is 5.63. The fourth-order valence-corrected chi connectivity index (χ4v) is 1.51. The first-order valence-electron chi connectivity index (χ1n) is 5.96. The lowest BCUT2D eigenvalue weighted by Crippen LogP contribution is -1.98. The Kier molecular flexibility index (Phi) is 5.48. The zero-order valence-electron chi connectivity index (χ0n) is 10.7. The Balaban J connectivity index is 2.84. The van der Waals surface area contributed by atoms with Gasteiger partial charge in [0.05, 0.1) is 6.61 Å². The number of aryl methyl sites for hydroxylation is 1. The van der Waals surface area contributed by atoms with Crippen molar-refractivity contribution in [2.75, 3.05) is 6.61 Å². The minimum Gasteiger partial charge on any atom is -0.493 e. The summed E-state index contributed by atoms with van der Waals surface area (Å²) in [4.78, 5) is 0. The summed E-state index contributed by atoms with van der Waals surface area (Å²) in [5.41, 5.74) is 1.96. The summed E-state index contributed by atoms with van der Waals surface area (Å²) >= 11 is 0. The molecule has 0 atom stereocenters. The molecule has 18 heavy (non-hydrogen) atoms. The van der Waals surface area contributed by atoms with Crippen LogP contribution in [0, 0.1) is 29.6 Å². The number of rotatable bonds is 5. The van der Waals surface area contributed by atoms with Gasteiger partial charge in [-0.2, -0.15) is 10.5 Å². The zero-order valence-corrected chi connectivity index (χ0v) is 10.7. The molecule has 0 aromatic heterocycles. The molecule has 0 unspecified atom stereocenters. The van der Waals surface area contributed by atoms with E-state index in [1.807, 2.05) is 37.3 Å². The molecule has 0 aliphatic rings. The summed E-state index contributed by atoms with van der Waals surface area (Å²) in [6, 6.07) is 9.33. The predicted molar refractivity (Wildman–Crippen MR) is 70.8 cm³/mol. The lowest BCUT2D eigenvalue weighted by molar-refractivity contribution is 0.307. The number of hydrogen-bond acceptors (Lipinski definition) is 3. The van der Waals surface area contributed by atoms with Crippen molar-refractivity contribution in [3.05, 3.63) is 34.9 Å². The van der Waals surface area contributed by atoms with E-state index in [4.69, 9.17) is 15.3 Å². The van der Waals surface area contributed by atoms with E-state index in [0.29, 0.717) is 6.61 Å². The Hall–Kier alpha value is -2.26. The first-order valence-corrected chi connectivity index (χ1v) is 5.96. The summed E-state index contributed by atoms with van der Waals surface area (Å²) in [7, 11) is 0. The Morgan fingerprint density at radius 1 is 1.33 bits per heavy atom. The number of nitrogens with zero attached hydrogens (tertiary/aromatic N) is 2. The standard InChI is InChI=1S/C15H16N2O/c1-3-4-7-18-15-6-5-13(8-12(15)2)9-14(10-16)11-17/h5-6,8-9H,3-4,7H2,1-2H3. The molecule has 0 amide bonds. The Morgan fingerprint density at radius 2 is 2.06 bits per heavy atom. The van der Waals surface area contributed by atoms with E-state index in [1.165, 1.54) is 0 Å². The van der Waals surface area contributed by atoms with E-state index in [1.54, 1.807) is 6.08 Å². The van der Waals surface area contributed by atoms with Crippen LogP contribution in [0.2, 0.25) is 0 Å². The lowest BCUT2D eigenvalue weighted by atomic mass is 10.1. The Labute approximate surface area is 108 Å². The van der Waals surface area contributed by atoms with Crippen LogP contribution in [-0.2, 0) is 0 Å². The topological polar surface area (TPSA) is 56.8 Å². The third-order valence-corrected chi connectivity index (χ3v) is 2.51. The largest absolute Gasteiger partial charge is 0.493 e. The zero-order chi connectivity index (χ0) is 13.4. The fourth-order valence-electron chi connectivity index (χ4n) is 1.51. The van der Waals surface area contributed by atoms with Crippen molar-refractivity contribution in [3.63, 3.8) is 0 Å². The van der Waals surface area contributed by atoms with Crippen molar-refractivity contribution >= 4 is 6.08 Å². The van der Waals surface area contributed by atoms with Crippen molar-refractivity contribution < 1.29 is 4.74 Å². The van der Waals surface area contributed by atoms with Gasteiger partial charge in [0.25, 0.3) is 0 Å². The summed E-state index contributed by atoms with van der Waals surface area (Å²) in [5, 5.41) is 17.4. The van der Waals surface area contributed by atoms with Crippen LogP contribution in [-0.4, -0.2) is 6.61 Å². The Morgan fingerprint density at radius 3 is 2.61 bits per heavy atom. The summed E-state index contributed by atoms with van der Waals surface area (Å²) in [6.07, 6.45) is 3.71. The molecule has 3 heteroatoms. The maximum absolute atomic E-state index is 8.69. The highest BCUT2D eigenvalue weighted by atomic mass is 16.5. The monoisotopic (exact) mass is 240 g/mol. The molecule has 0 aliphatic heterocycles. The average molecular weight is 240 g/mol. The molecule has 0 fully saturated rings. The smallest absolute Gasteiger partial charge is 0.130 e.